The first kappa shape index (κ1) is 21.7. The minimum absolute atomic E-state index is 0.161. The summed E-state index contributed by atoms with van der Waals surface area (Å²) >= 11 is 0. The maximum absolute atomic E-state index is 12.8. The lowest BCUT2D eigenvalue weighted by Gasteiger charge is -2.12. The summed E-state index contributed by atoms with van der Waals surface area (Å²) in [5.74, 6) is -1.05. The van der Waals surface area contributed by atoms with Crippen LogP contribution in [0, 0.1) is 0 Å². The van der Waals surface area contributed by atoms with Crippen molar-refractivity contribution in [2.24, 2.45) is 14.1 Å². The van der Waals surface area contributed by atoms with Crippen LogP contribution in [-0.2, 0) is 25.4 Å². The maximum atomic E-state index is 12.8. The Kier molecular flexibility index (Phi) is 6.48. The number of imidazole rings is 1. The molecule has 0 radical (unpaired) electrons. The molecule has 0 fully saturated rings. The molecule has 0 saturated heterocycles. The molecule has 0 spiro atoms. The third kappa shape index (κ3) is 4.79. The van der Waals surface area contributed by atoms with Crippen LogP contribution in [0.2, 0.25) is 0 Å². The van der Waals surface area contributed by atoms with Crippen molar-refractivity contribution in [2.45, 2.75) is 12.8 Å². The van der Waals surface area contributed by atoms with Gasteiger partial charge >= 0.3 is 11.7 Å². The molecule has 0 saturated carbocycles. The van der Waals surface area contributed by atoms with Gasteiger partial charge in [-0.15, -0.1) is 0 Å². The number of hydrogen-bond acceptors (Lipinski definition) is 7. The Hall–Kier alpha value is -3.96. The van der Waals surface area contributed by atoms with Gasteiger partial charge in [-0.3, -0.25) is 23.9 Å². The van der Waals surface area contributed by atoms with E-state index in [1.807, 2.05) is 42.5 Å². The van der Waals surface area contributed by atoms with E-state index in [-0.39, 0.29) is 23.7 Å². The van der Waals surface area contributed by atoms with Crippen LogP contribution in [0.4, 0.5) is 5.95 Å². The number of carboxylic acid groups (broad SMARTS) is 1. The van der Waals surface area contributed by atoms with Crippen LogP contribution in [-0.4, -0.2) is 41.1 Å². The second kappa shape index (κ2) is 9.24. The summed E-state index contributed by atoms with van der Waals surface area (Å²) in [5, 5.41) is 18.5. The maximum Gasteiger partial charge on any atom is 0.332 e. The van der Waals surface area contributed by atoms with Crippen LogP contribution in [0.15, 0.2) is 58.1 Å². The van der Waals surface area contributed by atoms with Crippen LogP contribution < -0.4 is 22.1 Å². The lowest BCUT2D eigenvalue weighted by atomic mass is 10.2. The van der Waals surface area contributed by atoms with Gasteiger partial charge in [0, 0.05) is 26.7 Å². The highest BCUT2D eigenvalue weighted by molar-refractivity contribution is 5.79. The van der Waals surface area contributed by atoms with Crippen molar-refractivity contribution in [3.8, 4) is 0 Å². The number of fused-ring (bicyclic) bond motifs is 1. The minimum atomic E-state index is -1.34. The van der Waals surface area contributed by atoms with Crippen molar-refractivity contribution in [3.05, 3.63) is 75.0 Å². The van der Waals surface area contributed by atoms with Crippen LogP contribution in [0.1, 0.15) is 5.56 Å². The molecule has 1 atom stereocenters. The topological polar surface area (TPSA) is 143 Å². The molecule has 0 bridgehead atoms. The highest BCUT2D eigenvalue weighted by Gasteiger charge is 2.18. The van der Waals surface area contributed by atoms with E-state index in [1.54, 1.807) is 4.57 Å². The molecular formula is C20H22N6O5. The summed E-state index contributed by atoms with van der Waals surface area (Å²) < 4.78 is 3.79. The number of carbonyl (C=O) groups is 1. The SMILES string of the molecule is Cn1c(=O)c2c(nc(NN[C@H](O)/C=C/C(=O)O)n2C/C=C\c2ccccc2)n(C)c1=O. The van der Waals surface area contributed by atoms with E-state index in [4.69, 9.17) is 5.11 Å². The van der Waals surface area contributed by atoms with E-state index in [1.165, 1.54) is 18.7 Å². The van der Waals surface area contributed by atoms with Gasteiger partial charge in [0.2, 0.25) is 5.95 Å². The molecule has 11 heteroatoms. The van der Waals surface area contributed by atoms with Gasteiger partial charge in [-0.2, -0.15) is 4.98 Å². The number of anilines is 1. The quantitative estimate of drug-likeness (QED) is 0.224. The number of carboxylic acids is 1. The summed E-state index contributed by atoms with van der Waals surface area (Å²) in [7, 11) is 2.88. The summed E-state index contributed by atoms with van der Waals surface area (Å²) in [6.07, 6.45) is 4.17. The second-order valence-corrected chi connectivity index (χ2v) is 6.65. The molecule has 0 aliphatic heterocycles. The van der Waals surface area contributed by atoms with E-state index >= 15 is 0 Å². The molecule has 0 unspecified atom stereocenters. The lowest BCUT2D eigenvalue weighted by Crippen LogP contribution is -2.37. The average molecular weight is 426 g/mol. The van der Waals surface area contributed by atoms with Crippen LogP contribution in [0.3, 0.4) is 0 Å². The summed E-state index contributed by atoms with van der Waals surface area (Å²) in [5.41, 5.74) is 5.46. The Morgan fingerprint density at radius 2 is 1.90 bits per heavy atom. The lowest BCUT2D eigenvalue weighted by molar-refractivity contribution is -0.131. The number of aliphatic hydroxyl groups is 1. The number of hydrazine groups is 1. The fourth-order valence-corrected chi connectivity index (χ4v) is 2.94. The van der Waals surface area contributed by atoms with Gasteiger partial charge < -0.3 is 10.2 Å². The van der Waals surface area contributed by atoms with E-state index in [0.29, 0.717) is 0 Å². The fourth-order valence-electron chi connectivity index (χ4n) is 2.94. The molecule has 3 rings (SSSR count). The van der Waals surface area contributed by atoms with Crippen molar-refractivity contribution in [3.63, 3.8) is 0 Å². The first-order valence-corrected chi connectivity index (χ1v) is 9.28. The zero-order valence-corrected chi connectivity index (χ0v) is 16.9. The molecular weight excluding hydrogens is 404 g/mol. The van der Waals surface area contributed by atoms with Crippen molar-refractivity contribution in [2.75, 3.05) is 5.43 Å². The largest absolute Gasteiger partial charge is 0.478 e. The number of aromatic nitrogens is 4. The second-order valence-electron chi connectivity index (χ2n) is 6.65. The molecule has 2 aromatic heterocycles. The van der Waals surface area contributed by atoms with E-state index in [0.717, 1.165) is 22.3 Å². The van der Waals surface area contributed by atoms with Gasteiger partial charge in [0.05, 0.1) is 0 Å². The van der Waals surface area contributed by atoms with Crippen molar-refractivity contribution in [1.29, 1.82) is 0 Å². The molecule has 2 heterocycles. The average Bonchev–Trinajstić information content (AvgIpc) is 3.12. The number of aryl methyl sites for hydroxylation is 1. The molecule has 4 N–H and O–H groups in total. The predicted octanol–water partition coefficient (Wildman–Crippen LogP) is 0.0228. The van der Waals surface area contributed by atoms with Crippen LogP contribution in [0.5, 0.6) is 0 Å². The number of rotatable bonds is 8. The highest BCUT2D eigenvalue weighted by atomic mass is 16.4. The number of hydrogen-bond donors (Lipinski definition) is 4. The third-order valence-electron chi connectivity index (χ3n) is 4.50. The Bertz CT molecular complexity index is 1270. The number of aliphatic carboxylic acids is 1. The van der Waals surface area contributed by atoms with Crippen molar-refractivity contribution >= 4 is 29.2 Å². The van der Waals surface area contributed by atoms with Gasteiger partial charge in [0.15, 0.2) is 11.2 Å². The summed E-state index contributed by atoms with van der Waals surface area (Å²) in [4.78, 5) is 39.9. The standard InChI is InChI=1S/C20H22N6O5/c1-24-17-16(18(30)25(2)20(24)31)26(12-6-9-13-7-4-3-5-8-13)19(21-17)23-22-14(27)10-11-15(28)29/h3-11,14,22,27H,12H2,1-2H3,(H,21,23)(H,28,29)/b9-6-,11-10+/t14-/m1/s1. The molecule has 162 valence electrons. The molecule has 0 aliphatic rings. The number of aliphatic hydroxyl groups excluding tert-OH is 1. The number of allylic oxidation sites excluding steroid dienone is 1. The van der Waals surface area contributed by atoms with E-state index in [2.05, 4.69) is 15.8 Å². The van der Waals surface area contributed by atoms with Gasteiger partial charge in [0.25, 0.3) is 5.56 Å². The van der Waals surface area contributed by atoms with E-state index < -0.39 is 23.4 Å². The van der Waals surface area contributed by atoms with Gasteiger partial charge in [-0.1, -0.05) is 42.5 Å². The van der Waals surface area contributed by atoms with E-state index in [9.17, 15) is 19.5 Å². The fraction of sp³-hybridized carbons (Fsp3) is 0.200. The Labute approximate surface area is 176 Å². The minimum Gasteiger partial charge on any atom is -0.478 e. The summed E-state index contributed by atoms with van der Waals surface area (Å²) in [6, 6.07) is 9.57. The molecule has 11 nitrogen and oxygen atoms in total. The number of nitrogens with zero attached hydrogens (tertiary/aromatic N) is 4. The predicted molar refractivity (Wildman–Crippen MR) is 115 cm³/mol. The highest BCUT2D eigenvalue weighted by Crippen LogP contribution is 2.15. The van der Waals surface area contributed by atoms with Crippen molar-refractivity contribution in [1.82, 2.24) is 24.1 Å². The van der Waals surface area contributed by atoms with Crippen LogP contribution in [0.25, 0.3) is 17.2 Å². The molecule has 0 aliphatic carbocycles. The number of nitrogens with one attached hydrogen (secondary N) is 2. The zero-order valence-electron chi connectivity index (χ0n) is 16.9. The van der Waals surface area contributed by atoms with Gasteiger partial charge in [-0.05, 0) is 11.6 Å². The molecule has 1 aromatic carbocycles. The Balaban J connectivity index is 2.00. The van der Waals surface area contributed by atoms with Gasteiger partial charge in [-0.25, -0.2) is 15.0 Å². The summed E-state index contributed by atoms with van der Waals surface area (Å²) in [6.45, 7) is 0.240. The molecule has 0 amide bonds. The first-order chi connectivity index (χ1) is 14.8. The normalized spacial score (nSPS) is 12.7. The molecule has 3 aromatic rings. The Morgan fingerprint density at radius 3 is 2.58 bits per heavy atom. The zero-order chi connectivity index (χ0) is 22.5. The number of benzene rings is 1. The Morgan fingerprint density at radius 1 is 1.19 bits per heavy atom. The third-order valence-corrected chi connectivity index (χ3v) is 4.50. The van der Waals surface area contributed by atoms with Crippen LogP contribution >= 0.6 is 0 Å². The molecule has 31 heavy (non-hydrogen) atoms. The first-order valence-electron chi connectivity index (χ1n) is 9.28. The smallest absolute Gasteiger partial charge is 0.332 e. The monoisotopic (exact) mass is 426 g/mol. The van der Waals surface area contributed by atoms with Gasteiger partial charge in [0.1, 0.15) is 6.23 Å². The van der Waals surface area contributed by atoms with Crippen molar-refractivity contribution < 1.29 is 15.0 Å².